The molecule has 0 bridgehead atoms. The van der Waals surface area contributed by atoms with Gasteiger partial charge in [0, 0.05) is 0 Å². The molecule has 0 nitrogen and oxygen atoms in total. The van der Waals surface area contributed by atoms with Gasteiger partial charge in [0.05, 0.1) is 24.2 Å². The molecule has 50 heavy (non-hydrogen) atoms. The van der Waals surface area contributed by atoms with E-state index in [2.05, 4.69) is 165 Å². The number of hydrogen-bond donors (Lipinski definition) is 0. The van der Waals surface area contributed by atoms with Crippen LogP contribution in [0.15, 0.2) is 36.4 Å². The fraction of sp³-hybridized carbons (Fsp3) is 0.452. The summed E-state index contributed by atoms with van der Waals surface area (Å²) in [7, 11) is -7.87. The molecule has 4 aromatic carbocycles. The molecule has 0 saturated heterocycles. The Kier molecular flexibility index (Phi) is 16.7. The molecule has 8 heteroatoms. The fourth-order valence-electron chi connectivity index (χ4n) is 9.24. The van der Waals surface area contributed by atoms with E-state index in [1.165, 1.54) is 38.9 Å². The number of benzene rings is 3. The van der Waals surface area contributed by atoms with E-state index in [1.807, 2.05) is 0 Å². The Balaban J connectivity index is 0.00000600. The van der Waals surface area contributed by atoms with Crippen molar-refractivity contribution in [2.24, 2.45) is 0 Å². The number of rotatable bonds is 7. The van der Waals surface area contributed by atoms with Crippen molar-refractivity contribution in [2.75, 3.05) is 0 Å². The third kappa shape index (κ3) is 8.10. The fourth-order valence-corrected chi connectivity index (χ4v) is 22.2. The number of aryl methyl sites for hydroxylation is 3. The Bertz CT molecular complexity index is 1660. The molecule has 0 amide bonds. The molecule has 0 fully saturated rings. The van der Waals surface area contributed by atoms with Crippen LogP contribution in [0.2, 0.25) is 58.9 Å². The zero-order valence-corrected chi connectivity index (χ0v) is 42.4. The van der Waals surface area contributed by atoms with Crippen LogP contribution in [0.5, 0.6) is 0 Å². The summed E-state index contributed by atoms with van der Waals surface area (Å²) < 4.78 is 0. The summed E-state index contributed by atoms with van der Waals surface area (Å²) in [4.78, 5) is 0. The van der Waals surface area contributed by atoms with Crippen molar-refractivity contribution < 1.29 is 58.9 Å². The average molecular weight is 835 g/mol. The van der Waals surface area contributed by atoms with Crippen molar-refractivity contribution in [3.63, 3.8) is 0 Å². The largest absolute Gasteiger partial charge is 4.00 e. The van der Waals surface area contributed by atoms with E-state index in [1.54, 1.807) is 53.0 Å². The van der Waals surface area contributed by atoms with Crippen LogP contribution in [0.25, 0.3) is 0 Å². The van der Waals surface area contributed by atoms with Crippen LogP contribution in [-0.2, 0) is 21.7 Å². The minimum atomic E-state index is -2.93. The van der Waals surface area contributed by atoms with Gasteiger partial charge in [0.2, 0.25) is 0 Å². The van der Waals surface area contributed by atoms with Crippen molar-refractivity contribution >= 4 is 68.6 Å². The van der Waals surface area contributed by atoms with E-state index in [9.17, 15) is 0 Å². The van der Waals surface area contributed by atoms with E-state index in [4.69, 9.17) is 0 Å². The van der Waals surface area contributed by atoms with Gasteiger partial charge in [-0.25, -0.2) is 0 Å². The van der Waals surface area contributed by atoms with Gasteiger partial charge in [-0.2, -0.15) is 22.3 Å². The second kappa shape index (κ2) is 16.9. The minimum Gasteiger partial charge on any atom is -1.00 e. The van der Waals surface area contributed by atoms with E-state index >= 15 is 0 Å². The van der Waals surface area contributed by atoms with Gasteiger partial charge >= 0.3 is 21.7 Å². The van der Waals surface area contributed by atoms with Gasteiger partial charge in [-0.15, -0.1) is 5.19 Å². The molecule has 0 atom stereocenters. The van der Waals surface area contributed by atoms with Crippen molar-refractivity contribution in [1.82, 2.24) is 0 Å². The van der Waals surface area contributed by atoms with Gasteiger partial charge in [-0.05, 0) is 41.5 Å². The van der Waals surface area contributed by atoms with Crippen LogP contribution >= 0.6 is 0 Å². The van der Waals surface area contributed by atoms with Crippen molar-refractivity contribution in [1.29, 1.82) is 0 Å². The first-order chi connectivity index (χ1) is 20.9. The van der Waals surface area contributed by atoms with Crippen LogP contribution in [-0.4, -0.2) is 32.3 Å². The Hall–Kier alpha value is -0.538. The standard InChI is InChI=1S/C42H63Si4.3ClH.Ti/c1-26-20-23-36(43(11,12)13)33(8)39(26)46(42-31(6)29(4)30(5)32(42)7,40-27(2)21-24-37(34(40)9)44(14,15)16)41-28(3)22-25-38(35(41)10)45(17,18)19;;;;/h20-25H,1-19H3;3*1H;/q-1;;;;+4/p-3. The second-order valence-corrected chi connectivity index (χ2v) is 36.3. The number of hydrogen-bond acceptors (Lipinski definition) is 0. The Morgan fingerprint density at radius 1 is 0.360 bits per heavy atom. The second-order valence-electron chi connectivity index (χ2n) is 17.7. The quantitative estimate of drug-likeness (QED) is 0.121. The minimum absolute atomic E-state index is 0. The van der Waals surface area contributed by atoms with Crippen molar-refractivity contribution in [3.8, 4) is 0 Å². The molecular formula is C42H63Cl3Si4Ti. The molecule has 0 radical (unpaired) electrons. The van der Waals surface area contributed by atoms with Gasteiger partial charge in [0.15, 0.2) is 0 Å². The molecule has 0 N–H and O–H groups in total. The third-order valence-corrected chi connectivity index (χ3v) is 23.9. The predicted octanol–water partition coefficient (Wildman–Crippen LogP) is -1.49. The maximum Gasteiger partial charge on any atom is 4.00 e. The van der Waals surface area contributed by atoms with Crippen molar-refractivity contribution in [2.45, 2.75) is 128 Å². The van der Waals surface area contributed by atoms with Crippen LogP contribution in [0.1, 0.15) is 55.6 Å². The van der Waals surface area contributed by atoms with E-state index < -0.39 is 32.3 Å². The number of halogens is 3. The third-order valence-electron chi connectivity index (χ3n) is 11.4. The smallest absolute Gasteiger partial charge is 1.00 e. The first kappa shape index (κ1) is 49.5. The molecule has 0 aromatic heterocycles. The van der Waals surface area contributed by atoms with E-state index in [0.29, 0.717) is 0 Å². The summed E-state index contributed by atoms with van der Waals surface area (Å²) in [6, 6.07) is 15.0. The Labute approximate surface area is 345 Å². The maximum absolute atomic E-state index is 2.93. The van der Waals surface area contributed by atoms with Gasteiger partial charge < -0.3 is 37.2 Å². The summed E-state index contributed by atoms with van der Waals surface area (Å²) in [5.74, 6) is 0. The van der Waals surface area contributed by atoms with Crippen LogP contribution in [0, 0.1) is 69.2 Å². The van der Waals surface area contributed by atoms with E-state index in [-0.39, 0.29) is 58.9 Å². The molecule has 4 aromatic rings. The zero-order chi connectivity index (χ0) is 35.1. The van der Waals surface area contributed by atoms with Gasteiger partial charge in [0.25, 0.3) is 0 Å². The molecular weight excluding hydrogens is 771 g/mol. The van der Waals surface area contributed by atoms with Gasteiger partial charge in [-0.1, -0.05) is 188 Å². The van der Waals surface area contributed by atoms with E-state index in [0.717, 1.165) is 0 Å². The first-order valence-corrected chi connectivity index (χ1v) is 30.0. The maximum atomic E-state index is 2.54. The molecule has 0 unspecified atom stereocenters. The molecule has 0 spiro atoms. The summed E-state index contributed by atoms with van der Waals surface area (Å²) in [5, 5.41) is 11.5. The first-order valence-electron chi connectivity index (χ1n) is 17.5. The average Bonchev–Trinajstić information content (AvgIpc) is 3.08. The van der Waals surface area contributed by atoms with Crippen molar-refractivity contribution in [3.05, 3.63) is 92.0 Å². The molecule has 0 aliphatic rings. The Morgan fingerprint density at radius 3 is 0.780 bits per heavy atom. The zero-order valence-electron chi connectivity index (χ0n) is 34.6. The van der Waals surface area contributed by atoms with Crippen LogP contribution < -0.4 is 73.5 Å². The summed E-state index contributed by atoms with van der Waals surface area (Å²) >= 11 is 0. The molecule has 272 valence electrons. The van der Waals surface area contributed by atoms with Gasteiger partial charge in [-0.3, -0.25) is 0 Å². The molecule has 0 aliphatic heterocycles. The summed E-state index contributed by atoms with van der Waals surface area (Å²) in [6.07, 6.45) is 0. The Morgan fingerprint density at radius 2 is 0.580 bits per heavy atom. The molecule has 4 rings (SSSR count). The van der Waals surface area contributed by atoms with Gasteiger partial charge in [0.1, 0.15) is 8.07 Å². The topological polar surface area (TPSA) is 0 Å². The SMILES string of the molecule is Cc1ccc([Si](C)(C)C)c(C)c1[Si](c1c(C)ccc([Si](C)(C)C)c1C)(c1c(C)ccc([Si](C)(C)C)c1C)[c-]1c(C)c(C)c(C)c1C.[Cl-].[Cl-].[Cl-].[Ti+4]. The summed E-state index contributed by atoms with van der Waals surface area (Å²) in [6.45, 7) is 47.3. The normalized spacial score (nSPS) is 12.1. The van der Waals surface area contributed by atoms with Crippen LogP contribution in [0.4, 0.5) is 0 Å². The molecule has 0 saturated carbocycles. The monoisotopic (exact) mass is 832 g/mol. The summed E-state index contributed by atoms with van der Waals surface area (Å²) in [5.41, 5.74) is 15.1. The molecule has 0 aliphatic carbocycles. The predicted molar refractivity (Wildman–Crippen MR) is 222 cm³/mol. The molecule has 0 heterocycles. The van der Waals surface area contributed by atoms with Crippen LogP contribution in [0.3, 0.4) is 0 Å².